The van der Waals surface area contributed by atoms with E-state index in [1.165, 1.54) is 50.5 Å². The fraction of sp³-hybridized carbons (Fsp3) is 0.909. The molecule has 23 heavy (non-hydrogen) atoms. The van der Waals surface area contributed by atoms with Crippen LogP contribution in [-0.4, -0.2) is 10.7 Å². The first-order valence-electron chi connectivity index (χ1n) is 10.2. The number of allylic oxidation sites excluding steroid dienone is 1. The van der Waals surface area contributed by atoms with E-state index in [0.29, 0.717) is 5.41 Å². The summed E-state index contributed by atoms with van der Waals surface area (Å²) < 4.78 is 0. The van der Waals surface area contributed by atoms with Crippen LogP contribution in [0.4, 0.5) is 0 Å². The van der Waals surface area contributed by atoms with Gasteiger partial charge in [-0.25, -0.2) is 0 Å². The van der Waals surface area contributed by atoms with Crippen molar-refractivity contribution in [3.8, 4) is 0 Å². The van der Waals surface area contributed by atoms with Gasteiger partial charge >= 0.3 is 0 Å². The molecule has 4 aliphatic carbocycles. The van der Waals surface area contributed by atoms with Crippen molar-refractivity contribution in [3.63, 3.8) is 0 Å². The Balaban J connectivity index is 1.56. The lowest BCUT2D eigenvalue weighted by atomic mass is 9.49. The molecule has 4 aliphatic rings. The summed E-state index contributed by atoms with van der Waals surface area (Å²) in [5, 5.41) is 10.5. The Hall–Kier alpha value is -0.300. The Labute approximate surface area is 142 Å². The summed E-state index contributed by atoms with van der Waals surface area (Å²) in [6.45, 7) is 11.3. The van der Waals surface area contributed by atoms with E-state index in [2.05, 4.69) is 27.4 Å². The molecule has 4 rings (SSSR count). The number of aliphatic hydroxyl groups is 1. The Bertz CT molecular complexity index is 492. The molecular weight excluding hydrogens is 280 g/mol. The predicted octanol–water partition coefficient (Wildman–Crippen LogP) is 5.58. The molecule has 0 saturated heterocycles. The second kappa shape index (κ2) is 5.35. The van der Waals surface area contributed by atoms with Gasteiger partial charge in [-0.15, -0.1) is 0 Å². The minimum atomic E-state index is -0.379. The van der Waals surface area contributed by atoms with Crippen molar-refractivity contribution in [1.82, 2.24) is 0 Å². The molecule has 0 heterocycles. The molecule has 1 nitrogen and oxygen atoms in total. The molecule has 0 bridgehead atoms. The van der Waals surface area contributed by atoms with Crippen molar-refractivity contribution in [1.29, 1.82) is 0 Å². The summed E-state index contributed by atoms with van der Waals surface area (Å²) in [4.78, 5) is 0. The summed E-state index contributed by atoms with van der Waals surface area (Å²) >= 11 is 0. The highest BCUT2D eigenvalue weighted by Gasteiger charge is 2.57. The maximum Gasteiger partial charge on any atom is 0.0622 e. The maximum absolute atomic E-state index is 10.5. The lowest BCUT2D eigenvalue weighted by Gasteiger charge is -2.57. The zero-order valence-electron chi connectivity index (χ0n) is 15.5. The van der Waals surface area contributed by atoms with Gasteiger partial charge in [0.05, 0.1) is 5.60 Å². The normalized spacial score (nSPS) is 55.7. The molecule has 1 heteroatoms. The predicted molar refractivity (Wildman–Crippen MR) is 96.0 cm³/mol. The number of hydrogen-bond donors (Lipinski definition) is 1. The molecule has 0 aromatic carbocycles. The second-order valence-electron chi connectivity index (χ2n) is 10.2. The monoisotopic (exact) mass is 316 g/mol. The van der Waals surface area contributed by atoms with Crippen LogP contribution >= 0.6 is 0 Å². The van der Waals surface area contributed by atoms with Crippen molar-refractivity contribution in [2.75, 3.05) is 0 Å². The molecule has 130 valence electrons. The van der Waals surface area contributed by atoms with Crippen LogP contribution in [0.1, 0.15) is 78.6 Å². The van der Waals surface area contributed by atoms with Crippen LogP contribution in [0.2, 0.25) is 0 Å². The molecule has 1 N–H and O–H groups in total. The minimum absolute atomic E-state index is 0.379. The van der Waals surface area contributed by atoms with Gasteiger partial charge in [-0.3, -0.25) is 0 Å². The molecule has 8 atom stereocenters. The van der Waals surface area contributed by atoms with Crippen molar-refractivity contribution < 1.29 is 5.11 Å². The molecule has 0 spiro atoms. The van der Waals surface area contributed by atoms with Crippen LogP contribution in [0.5, 0.6) is 0 Å². The summed E-state index contributed by atoms with van der Waals surface area (Å²) in [5.41, 5.74) is 1.60. The minimum Gasteiger partial charge on any atom is -0.390 e. The van der Waals surface area contributed by atoms with Crippen molar-refractivity contribution in [2.24, 2.45) is 40.9 Å². The standard InChI is InChI=1S/C22H36O/c1-14(2)19-7-8-20-18-6-5-15-13-21(3,23)11-9-16(15)17(18)10-12-22(19,20)4/h15-20,23H,1,5-13H2,2-4H3/t15-,16-,17+,18+,19+,20-,21-,22+/m0/s1. The van der Waals surface area contributed by atoms with Crippen molar-refractivity contribution in [2.45, 2.75) is 84.2 Å². The van der Waals surface area contributed by atoms with E-state index >= 15 is 0 Å². The third-order valence-electron chi connectivity index (χ3n) is 8.83. The van der Waals surface area contributed by atoms with Gasteiger partial charge < -0.3 is 5.11 Å². The summed E-state index contributed by atoms with van der Waals surface area (Å²) in [6.07, 6.45) is 11.9. The summed E-state index contributed by atoms with van der Waals surface area (Å²) in [6, 6.07) is 0. The average molecular weight is 317 g/mol. The Morgan fingerprint density at radius 3 is 2.39 bits per heavy atom. The largest absolute Gasteiger partial charge is 0.390 e. The highest BCUT2D eigenvalue weighted by atomic mass is 16.3. The third-order valence-corrected chi connectivity index (χ3v) is 8.83. The first-order chi connectivity index (χ1) is 10.8. The lowest BCUT2D eigenvalue weighted by molar-refractivity contribution is -0.0977. The van der Waals surface area contributed by atoms with Crippen molar-refractivity contribution in [3.05, 3.63) is 12.2 Å². The highest BCUT2D eigenvalue weighted by Crippen LogP contribution is 2.65. The fourth-order valence-electron chi connectivity index (χ4n) is 7.89. The maximum atomic E-state index is 10.5. The van der Waals surface area contributed by atoms with Gasteiger partial charge in [0.2, 0.25) is 0 Å². The van der Waals surface area contributed by atoms with Crippen LogP contribution in [0.15, 0.2) is 12.2 Å². The van der Waals surface area contributed by atoms with Gasteiger partial charge in [0.1, 0.15) is 0 Å². The molecule has 4 saturated carbocycles. The Morgan fingerprint density at radius 1 is 0.913 bits per heavy atom. The quantitative estimate of drug-likeness (QED) is 0.626. The van der Waals surface area contributed by atoms with Crippen LogP contribution in [0.3, 0.4) is 0 Å². The highest BCUT2D eigenvalue weighted by molar-refractivity contribution is 5.14. The van der Waals surface area contributed by atoms with Gasteiger partial charge in [-0.05, 0) is 113 Å². The molecule has 0 aromatic rings. The topological polar surface area (TPSA) is 20.2 Å². The zero-order valence-corrected chi connectivity index (χ0v) is 15.5. The van der Waals surface area contributed by atoms with Gasteiger partial charge in [0.15, 0.2) is 0 Å². The molecule has 0 amide bonds. The van der Waals surface area contributed by atoms with Gasteiger partial charge in [0.25, 0.3) is 0 Å². The van der Waals surface area contributed by atoms with E-state index in [4.69, 9.17) is 0 Å². The number of rotatable bonds is 1. The smallest absolute Gasteiger partial charge is 0.0622 e. The molecule has 0 radical (unpaired) electrons. The van der Waals surface area contributed by atoms with Crippen LogP contribution in [0, 0.1) is 40.9 Å². The van der Waals surface area contributed by atoms with Gasteiger partial charge in [-0.1, -0.05) is 19.1 Å². The molecule has 0 aromatic heterocycles. The molecule has 0 aliphatic heterocycles. The zero-order chi connectivity index (χ0) is 16.4. The van der Waals surface area contributed by atoms with Gasteiger partial charge in [0, 0.05) is 0 Å². The average Bonchev–Trinajstić information content (AvgIpc) is 2.83. The van der Waals surface area contributed by atoms with E-state index in [1.807, 2.05) is 0 Å². The summed E-state index contributed by atoms with van der Waals surface area (Å²) in [7, 11) is 0. The molecule has 0 unspecified atom stereocenters. The second-order valence-corrected chi connectivity index (χ2v) is 10.2. The number of hydrogen-bond acceptors (Lipinski definition) is 1. The number of fused-ring (bicyclic) bond motifs is 5. The van der Waals surface area contributed by atoms with Crippen LogP contribution in [-0.2, 0) is 0 Å². The van der Waals surface area contributed by atoms with Crippen LogP contribution < -0.4 is 0 Å². The first kappa shape index (κ1) is 16.2. The third kappa shape index (κ3) is 2.44. The van der Waals surface area contributed by atoms with E-state index in [1.54, 1.807) is 0 Å². The van der Waals surface area contributed by atoms with E-state index < -0.39 is 0 Å². The lowest BCUT2D eigenvalue weighted by Crippen LogP contribution is -2.50. The van der Waals surface area contributed by atoms with E-state index in [-0.39, 0.29) is 5.60 Å². The Morgan fingerprint density at radius 2 is 1.65 bits per heavy atom. The SMILES string of the molecule is C=C(C)[C@H]1CC[C@H]2[C@@H]3CC[C@H]4C[C@@](C)(O)CC[C@@H]4[C@H]3CC[C@]12C. The molecular formula is C22H36O. The van der Waals surface area contributed by atoms with Crippen molar-refractivity contribution >= 4 is 0 Å². The summed E-state index contributed by atoms with van der Waals surface area (Å²) in [5.74, 6) is 5.39. The Kier molecular flexibility index (Phi) is 3.76. The van der Waals surface area contributed by atoms with E-state index in [0.717, 1.165) is 48.3 Å². The fourth-order valence-corrected chi connectivity index (χ4v) is 7.89. The van der Waals surface area contributed by atoms with Crippen LogP contribution in [0.25, 0.3) is 0 Å². The first-order valence-corrected chi connectivity index (χ1v) is 10.2. The van der Waals surface area contributed by atoms with Gasteiger partial charge in [-0.2, -0.15) is 0 Å². The van der Waals surface area contributed by atoms with E-state index in [9.17, 15) is 5.11 Å². The molecule has 4 fully saturated rings.